The van der Waals surface area contributed by atoms with Gasteiger partial charge in [0, 0.05) is 17.5 Å². The second-order valence-corrected chi connectivity index (χ2v) is 5.03. The Bertz CT molecular complexity index is 861. The summed E-state index contributed by atoms with van der Waals surface area (Å²) in [6, 6.07) is 17.1. The van der Waals surface area contributed by atoms with Crippen LogP contribution in [-0.4, -0.2) is 6.61 Å². The number of rotatable bonds is 4. The molecule has 0 fully saturated rings. The lowest BCUT2D eigenvalue weighted by atomic mass is 10.1. The molecule has 22 heavy (non-hydrogen) atoms. The SMILES string of the molecule is Cc1cc(=O)oc2cc(OC/C=C/c3ccccc3)ccc12. The maximum atomic E-state index is 11.4. The molecule has 0 saturated carbocycles. The van der Waals surface area contributed by atoms with Crippen LogP contribution in [0.15, 0.2) is 69.9 Å². The second kappa shape index (κ2) is 6.31. The molecule has 0 aliphatic heterocycles. The molecule has 0 aliphatic rings. The maximum absolute atomic E-state index is 11.4. The van der Waals surface area contributed by atoms with E-state index >= 15 is 0 Å². The molecule has 0 amide bonds. The molecule has 3 heteroatoms. The fourth-order valence-corrected chi connectivity index (χ4v) is 2.29. The number of hydrogen-bond acceptors (Lipinski definition) is 3. The third-order valence-electron chi connectivity index (χ3n) is 3.38. The fourth-order valence-electron chi connectivity index (χ4n) is 2.29. The topological polar surface area (TPSA) is 39.4 Å². The van der Waals surface area contributed by atoms with E-state index in [0.29, 0.717) is 17.9 Å². The van der Waals surface area contributed by atoms with Crippen molar-refractivity contribution in [2.45, 2.75) is 6.92 Å². The lowest BCUT2D eigenvalue weighted by Crippen LogP contribution is -1.98. The number of hydrogen-bond donors (Lipinski definition) is 0. The highest BCUT2D eigenvalue weighted by atomic mass is 16.5. The Morgan fingerprint density at radius 1 is 1.09 bits per heavy atom. The van der Waals surface area contributed by atoms with Gasteiger partial charge in [-0.15, -0.1) is 0 Å². The highest BCUT2D eigenvalue weighted by Gasteiger charge is 2.03. The van der Waals surface area contributed by atoms with Gasteiger partial charge in [-0.3, -0.25) is 0 Å². The zero-order chi connectivity index (χ0) is 15.4. The Kier molecular flexibility index (Phi) is 4.05. The van der Waals surface area contributed by atoms with Gasteiger partial charge in [-0.05, 0) is 36.3 Å². The zero-order valence-electron chi connectivity index (χ0n) is 12.3. The zero-order valence-corrected chi connectivity index (χ0v) is 12.3. The monoisotopic (exact) mass is 292 g/mol. The summed E-state index contributed by atoms with van der Waals surface area (Å²) in [5, 5.41) is 0.923. The van der Waals surface area contributed by atoms with Gasteiger partial charge in [-0.1, -0.05) is 36.4 Å². The first-order valence-corrected chi connectivity index (χ1v) is 7.11. The van der Waals surface area contributed by atoms with Crippen LogP contribution in [-0.2, 0) is 0 Å². The van der Waals surface area contributed by atoms with Gasteiger partial charge < -0.3 is 9.15 Å². The molecular weight excluding hydrogens is 276 g/mol. The summed E-state index contributed by atoms with van der Waals surface area (Å²) in [4.78, 5) is 11.4. The van der Waals surface area contributed by atoms with Gasteiger partial charge in [-0.2, -0.15) is 0 Å². The van der Waals surface area contributed by atoms with Crippen LogP contribution in [0, 0.1) is 6.92 Å². The first-order chi connectivity index (χ1) is 10.7. The van der Waals surface area contributed by atoms with Crippen LogP contribution in [0.4, 0.5) is 0 Å². The van der Waals surface area contributed by atoms with Crippen molar-refractivity contribution in [3.8, 4) is 5.75 Å². The summed E-state index contributed by atoms with van der Waals surface area (Å²) in [5.41, 5.74) is 2.24. The second-order valence-electron chi connectivity index (χ2n) is 5.03. The molecule has 1 heterocycles. The third-order valence-corrected chi connectivity index (χ3v) is 3.38. The molecule has 0 bridgehead atoms. The molecule has 0 aliphatic carbocycles. The Morgan fingerprint density at radius 3 is 2.73 bits per heavy atom. The smallest absolute Gasteiger partial charge is 0.336 e. The Labute approximate surface area is 128 Å². The normalized spacial score (nSPS) is 11.1. The summed E-state index contributed by atoms with van der Waals surface area (Å²) in [6.45, 7) is 2.35. The molecule has 110 valence electrons. The van der Waals surface area contributed by atoms with Crippen LogP contribution < -0.4 is 10.4 Å². The van der Waals surface area contributed by atoms with E-state index in [2.05, 4.69) is 0 Å². The number of benzene rings is 2. The summed E-state index contributed by atoms with van der Waals surface area (Å²) in [5.74, 6) is 0.680. The quantitative estimate of drug-likeness (QED) is 0.677. The van der Waals surface area contributed by atoms with E-state index in [4.69, 9.17) is 9.15 Å². The summed E-state index contributed by atoms with van der Waals surface area (Å²) in [6.07, 6.45) is 3.96. The molecule has 0 unspecified atom stereocenters. The molecular formula is C19H16O3. The van der Waals surface area contributed by atoms with E-state index < -0.39 is 0 Å². The average Bonchev–Trinajstić information content (AvgIpc) is 2.52. The number of fused-ring (bicyclic) bond motifs is 1. The molecule has 3 rings (SSSR count). The Hall–Kier alpha value is -2.81. The first-order valence-electron chi connectivity index (χ1n) is 7.11. The third kappa shape index (κ3) is 3.26. The van der Waals surface area contributed by atoms with Gasteiger partial charge in [0.05, 0.1) is 0 Å². The fraction of sp³-hybridized carbons (Fsp3) is 0.105. The predicted molar refractivity (Wildman–Crippen MR) is 88.2 cm³/mol. The highest BCUT2D eigenvalue weighted by Crippen LogP contribution is 2.22. The minimum absolute atomic E-state index is 0.342. The van der Waals surface area contributed by atoms with Crippen LogP contribution in [0.5, 0.6) is 5.75 Å². The van der Waals surface area contributed by atoms with Gasteiger partial charge in [0.2, 0.25) is 0 Å². The highest BCUT2D eigenvalue weighted by molar-refractivity contribution is 5.81. The minimum Gasteiger partial charge on any atom is -0.489 e. The minimum atomic E-state index is -0.342. The molecule has 0 N–H and O–H groups in total. The molecule has 3 nitrogen and oxygen atoms in total. The van der Waals surface area contributed by atoms with Crippen molar-refractivity contribution in [1.29, 1.82) is 0 Å². The lowest BCUT2D eigenvalue weighted by Gasteiger charge is -2.05. The maximum Gasteiger partial charge on any atom is 0.336 e. The molecule has 0 atom stereocenters. The van der Waals surface area contributed by atoms with Crippen LogP contribution in [0.25, 0.3) is 17.0 Å². The molecule has 2 aromatic carbocycles. The van der Waals surface area contributed by atoms with Crippen molar-refractivity contribution in [3.63, 3.8) is 0 Å². The largest absolute Gasteiger partial charge is 0.489 e. The van der Waals surface area contributed by atoms with Crippen LogP contribution in [0.3, 0.4) is 0 Å². The lowest BCUT2D eigenvalue weighted by molar-refractivity contribution is 0.363. The molecule has 0 radical (unpaired) electrons. The standard InChI is InChI=1S/C19H16O3/c1-14-12-19(20)22-18-13-16(9-10-17(14)18)21-11-5-8-15-6-3-2-4-7-15/h2-10,12-13H,11H2,1H3/b8-5+. The van der Waals surface area contributed by atoms with Crippen molar-refractivity contribution in [2.24, 2.45) is 0 Å². The summed E-state index contributed by atoms with van der Waals surface area (Å²) < 4.78 is 10.9. The van der Waals surface area contributed by atoms with Crippen molar-refractivity contribution in [2.75, 3.05) is 6.61 Å². The van der Waals surface area contributed by atoms with E-state index in [1.54, 1.807) is 6.07 Å². The Morgan fingerprint density at radius 2 is 1.91 bits per heavy atom. The first kappa shape index (κ1) is 14.1. The van der Waals surface area contributed by atoms with E-state index in [-0.39, 0.29) is 5.63 Å². The van der Waals surface area contributed by atoms with E-state index in [0.717, 1.165) is 16.5 Å². The summed E-state index contributed by atoms with van der Waals surface area (Å²) >= 11 is 0. The van der Waals surface area contributed by atoms with Crippen molar-refractivity contribution in [1.82, 2.24) is 0 Å². The van der Waals surface area contributed by atoms with Crippen LogP contribution in [0.1, 0.15) is 11.1 Å². The Balaban J connectivity index is 1.72. The average molecular weight is 292 g/mol. The van der Waals surface area contributed by atoms with Gasteiger partial charge in [-0.25, -0.2) is 4.79 Å². The van der Waals surface area contributed by atoms with Crippen molar-refractivity contribution >= 4 is 17.0 Å². The van der Waals surface area contributed by atoms with Crippen LogP contribution in [0.2, 0.25) is 0 Å². The van der Waals surface area contributed by atoms with E-state index in [1.807, 2.05) is 61.5 Å². The van der Waals surface area contributed by atoms with Crippen molar-refractivity contribution < 1.29 is 9.15 Å². The van der Waals surface area contributed by atoms with Gasteiger partial charge >= 0.3 is 5.63 Å². The van der Waals surface area contributed by atoms with E-state index in [1.165, 1.54) is 6.07 Å². The molecule has 3 aromatic rings. The number of ether oxygens (including phenoxy) is 1. The molecule has 1 aromatic heterocycles. The number of aryl methyl sites for hydroxylation is 1. The van der Waals surface area contributed by atoms with Gasteiger partial charge in [0.25, 0.3) is 0 Å². The van der Waals surface area contributed by atoms with Crippen molar-refractivity contribution in [3.05, 3.63) is 82.2 Å². The van der Waals surface area contributed by atoms with E-state index in [9.17, 15) is 4.79 Å². The molecule has 0 spiro atoms. The van der Waals surface area contributed by atoms with Gasteiger partial charge in [0.1, 0.15) is 17.9 Å². The predicted octanol–water partition coefficient (Wildman–Crippen LogP) is 4.19. The summed E-state index contributed by atoms with van der Waals surface area (Å²) in [7, 11) is 0. The molecule has 0 saturated heterocycles. The van der Waals surface area contributed by atoms with Gasteiger partial charge in [0.15, 0.2) is 0 Å². The van der Waals surface area contributed by atoms with Crippen LogP contribution >= 0.6 is 0 Å².